The molecule has 0 amide bonds. The fourth-order valence-corrected chi connectivity index (χ4v) is 3.96. The van der Waals surface area contributed by atoms with Gasteiger partial charge in [0, 0.05) is 12.8 Å². The molecule has 0 radical (unpaired) electrons. The summed E-state index contributed by atoms with van der Waals surface area (Å²) < 4.78 is 4.59. The third-order valence-electron chi connectivity index (χ3n) is 6.66. The van der Waals surface area contributed by atoms with Crippen LogP contribution in [0.15, 0.2) is 97.2 Å². The van der Waals surface area contributed by atoms with Gasteiger partial charge < -0.3 is 9.84 Å². The number of carbonyl (C=O) groups excluding carboxylic acids is 1. The number of esters is 1. The Kier molecular flexibility index (Phi) is 39.9. The fraction of sp³-hybridized carbons (Fsp3) is 0.561. The van der Waals surface area contributed by atoms with Crippen molar-refractivity contribution in [3.05, 3.63) is 97.2 Å². The highest BCUT2D eigenvalue weighted by Crippen LogP contribution is 2.03. The van der Waals surface area contributed by atoms with E-state index >= 15 is 0 Å². The van der Waals surface area contributed by atoms with Gasteiger partial charge in [-0.25, -0.2) is 0 Å². The minimum Gasteiger partial charge on any atom is -0.481 e. The minimum absolute atomic E-state index is 0.124. The average molecular weight is 623 g/mol. The number of carbonyl (C=O) groups is 2. The molecule has 0 aliphatic carbocycles. The van der Waals surface area contributed by atoms with E-state index in [1.807, 2.05) is 0 Å². The van der Waals surface area contributed by atoms with Gasteiger partial charge in [-0.05, 0) is 89.9 Å². The van der Waals surface area contributed by atoms with Crippen LogP contribution in [-0.4, -0.2) is 24.2 Å². The van der Waals surface area contributed by atoms with Gasteiger partial charge >= 0.3 is 11.9 Å². The van der Waals surface area contributed by atoms with Crippen molar-refractivity contribution in [2.75, 3.05) is 7.11 Å². The Labute approximate surface area is 277 Å². The van der Waals surface area contributed by atoms with E-state index in [9.17, 15) is 9.59 Å². The first-order valence-corrected chi connectivity index (χ1v) is 17.6. The number of rotatable bonds is 28. The number of ether oxygens (including phenoxy) is 1. The van der Waals surface area contributed by atoms with Gasteiger partial charge in [-0.1, -0.05) is 137 Å². The lowest BCUT2D eigenvalue weighted by molar-refractivity contribution is -0.140. The van der Waals surface area contributed by atoms with Gasteiger partial charge in [0.15, 0.2) is 0 Å². The summed E-state index contributed by atoms with van der Waals surface area (Å²) in [4.78, 5) is 21.2. The lowest BCUT2D eigenvalue weighted by atomic mass is 10.2. The van der Waals surface area contributed by atoms with Crippen LogP contribution in [0.25, 0.3) is 0 Å². The normalized spacial score (nSPS) is 12.3. The molecule has 0 aromatic heterocycles. The Hall–Kier alpha value is -3.14. The molecule has 1 N–H and O–H groups in total. The molecule has 0 aromatic carbocycles. The lowest BCUT2D eigenvalue weighted by Crippen LogP contribution is -1.98. The van der Waals surface area contributed by atoms with Gasteiger partial charge in [-0.15, -0.1) is 0 Å². The fourth-order valence-electron chi connectivity index (χ4n) is 3.96. The van der Waals surface area contributed by atoms with Crippen molar-refractivity contribution < 1.29 is 19.4 Å². The van der Waals surface area contributed by atoms with E-state index < -0.39 is 5.97 Å². The summed E-state index contributed by atoms with van der Waals surface area (Å²) in [7, 11) is 1.43. The molecule has 0 saturated heterocycles. The molecule has 0 aliphatic heterocycles. The van der Waals surface area contributed by atoms with Crippen molar-refractivity contribution in [1.29, 1.82) is 0 Å². The first-order valence-electron chi connectivity index (χ1n) is 17.6. The second-order valence-corrected chi connectivity index (χ2v) is 10.9. The molecule has 0 fully saturated rings. The van der Waals surface area contributed by atoms with Crippen molar-refractivity contribution in [3.8, 4) is 0 Å². The summed E-state index contributed by atoms with van der Waals surface area (Å²) in [5.74, 6) is -0.836. The quantitative estimate of drug-likeness (QED) is 0.0535. The largest absolute Gasteiger partial charge is 0.481 e. The molecular weight excluding hydrogens is 556 g/mol. The zero-order valence-electron chi connectivity index (χ0n) is 29.1. The summed E-state index contributed by atoms with van der Waals surface area (Å²) in [6.07, 6.45) is 55.5. The second-order valence-electron chi connectivity index (χ2n) is 10.9. The molecule has 0 aromatic rings. The SMILES string of the molecule is CCCCC/C=C\C/C=C\C/C=C\C/C=C\CCCC(=O)O.CCCCC/C=C\C/C=C\C/C=C\C/C=C\CCCC(=O)OC. The highest BCUT2D eigenvalue weighted by Gasteiger charge is 1.96. The number of methoxy groups -OCH3 is 1. The zero-order chi connectivity index (χ0) is 33.3. The Morgan fingerprint density at radius 1 is 0.444 bits per heavy atom. The van der Waals surface area contributed by atoms with E-state index in [0.29, 0.717) is 6.42 Å². The van der Waals surface area contributed by atoms with Crippen LogP contribution in [0.1, 0.15) is 142 Å². The van der Waals surface area contributed by atoms with Crippen LogP contribution in [0.3, 0.4) is 0 Å². The summed E-state index contributed by atoms with van der Waals surface area (Å²) in [6.45, 7) is 4.47. The highest BCUT2D eigenvalue weighted by atomic mass is 16.5. The topological polar surface area (TPSA) is 63.6 Å². The van der Waals surface area contributed by atoms with Crippen molar-refractivity contribution in [2.45, 2.75) is 142 Å². The Balaban J connectivity index is 0. The molecule has 0 saturated carbocycles. The highest BCUT2D eigenvalue weighted by molar-refractivity contribution is 5.69. The monoisotopic (exact) mass is 622 g/mol. The number of unbranched alkanes of at least 4 members (excludes halogenated alkanes) is 8. The summed E-state index contributed by atoms with van der Waals surface area (Å²) in [5.41, 5.74) is 0. The molecule has 4 heteroatoms. The first kappa shape index (κ1) is 44.0. The smallest absolute Gasteiger partial charge is 0.305 e. The molecule has 254 valence electrons. The number of hydrogen-bond donors (Lipinski definition) is 1. The van der Waals surface area contributed by atoms with Crippen LogP contribution in [0.5, 0.6) is 0 Å². The maximum absolute atomic E-state index is 10.9. The van der Waals surface area contributed by atoms with E-state index in [4.69, 9.17) is 5.11 Å². The summed E-state index contributed by atoms with van der Waals surface area (Å²) in [5, 5.41) is 8.49. The van der Waals surface area contributed by atoms with Crippen LogP contribution >= 0.6 is 0 Å². The van der Waals surface area contributed by atoms with E-state index in [0.717, 1.165) is 64.2 Å². The summed E-state index contributed by atoms with van der Waals surface area (Å²) >= 11 is 0. The molecule has 0 rings (SSSR count). The standard InChI is InChI=1S/C21H34O2.C20H32O2/c1-3-4-5-6-7-8-9-10-11-12-13-14-15-16-17-18-19-20-21(22)23-2;1-2-3-4-5-6-7-8-9-10-11-12-13-14-15-16-17-18-19-20(21)22/h7-8,10-11,13-14,16-17H,3-6,9,12,15,18-20H2,1-2H3;6-7,9-10,12-13,15-16H,2-5,8,11,14,17-19H2,1H3,(H,21,22)/b8-7-,11-10-,14-13-,17-16-;7-6-,10-9-,13-12-,16-15-. The van der Waals surface area contributed by atoms with E-state index in [1.54, 1.807) is 0 Å². The van der Waals surface area contributed by atoms with Crippen molar-refractivity contribution in [3.63, 3.8) is 0 Å². The van der Waals surface area contributed by atoms with Gasteiger partial charge in [-0.3, -0.25) is 9.59 Å². The predicted molar refractivity (Wildman–Crippen MR) is 196 cm³/mol. The van der Waals surface area contributed by atoms with Crippen LogP contribution < -0.4 is 0 Å². The van der Waals surface area contributed by atoms with Crippen LogP contribution in [0.4, 0.5) is 0 Å². The average Bonchev–Trinajstić information content (AvgIpc) is 3.04. The van der Waals surface area contributed by atoms with Crippen LogP contribution in [0.2, 0.25) is 0 Å². The van der Waals surface area contributed by atoms with Gasteiger partial charge in [-0.2, -0.15) is 0 Å². The number of carboxylic acids is 1. The lowest BCUT2D eigenvalue weighted by Gasteiger charge is -1.95. The van der Waals surface area contributed by atoms with E-state index in [1.165, 1.54) is 58.5 Å². The van der Waals surface area contributed by atoms with Gasteiger partial charge in [0.1, 0.15) is 0 Å². The predicted octanol–water partition coefficient (Wildman–Crippen LogP) is 12.5. The number of hydrogen-bond acceptors (Lipinski definition) is 3. The molecule has 0 spiro atoms. The van der Waals surface area contributed by atoms with Crippen molar-refractivity contribution in [1.82, 2.24) is 0 Å². The van der Waals surface area contributed by atoms with Crippen molar-refractivity contribution >= 4 is 11.9 Å². The maximum atomic E-state index is 10.9. The Morgan fingerprint density at radius 3 is 1.02 bits per heavy atom. The van der Waals surface area contributed by atoms with Crippen LogP contribution in [0, 0.1) is 0 Å². The molecular formula is C41H66O4. The maximum Gasteiger partial charge on any atom is 0.305 e. The molecule has 45 heavy (non-hydrogen) atoms. The molecule has 0 heterocycles. The van der Waals surface area contributed by atoms with E-state index in [-0.39, 0.29) is 12.4 Å². The van der Waals surface area contributed by atoms with Gasteiger partial charge in [0.25, 0.3) is 0 Å². The number of carboxylic acid groups (broad SMARTS) is 1. The molecule has 0 unspecified atom stereocenters. The molecule has 0 atom stereocenters. The van der Waals surface area contributed by atoms with Gasteiger partial charge in [0.05, 0.1) is 7.11 Å². The van der Waals surface area contributed by atoms with Gasteiger partial charge in [0.2, 0.25) is 0 Å². The Bertz CT molecular complexity index is 883. The minimum atomic E-state index is -0.712. The zero-order valence-corrected chi connectivity index (χ0v) is 29.1. The number of aliphatic carboxylic acids is 1. The Morgan fingerprint density at radius 2 is 0.733 bits per heavy atom. The molecule has 0 aliphatic rings. The third kappa shape index (κ3) is 45.4. The van der Waals surface area contributed by atoms with Crippen LogP contribution in [-0.2, 0) is 14.3 Å². The van der Waals surface area contributed by atoms with Crippen molar-refractivity contribution in [2.24, 2.45) is 0 Å². The molecule has 4 nitrogen and oxygen atoms in total. The summed E-state index contributed by atoms with van der Waals surface area (Å²) in [6, 6.07) is 0. The third-order valence-corrected chi connectivity index (χ3v) is 6.66. The second kappa shape index (κ2) is 40.9. The molecule has 0 bridgehead atoms. The van der Waals surface area contributed by atoms with E-state index in [2.05, 4.69) is 116 Å². The number of allylic oxidation sites excluding steroid dienone is 16. The first-order chi connectivity index (χ1) is 22.1.